The third-order valence-electron chi connectivity index (χ3n) is 4.77. The number of rotatable bonds is 3. The largest absolute Gasteiger partial charge is 0.508 e. The Bertz CT molecular complexity index is 1240. The van der Waals surface area contributed by atoms with Crippen LogP contribution in [0.5, 0.6) is 5.75 Å². The molecule has 7 heteroatoms. The van der Waals surface area contributed by atoms with Gasteiger partial charge in [-0.2, -0.15) is 0 Å². The van der Waals surface area contributed by atoms with E-state index < -0.39 is 23.3 Å². The number of carbonyl (C=O) groups is 4. The van der Waals surface area contributed by atoms with Crippen LogP contribution in [0.15, 0.2) is 65.8 Å². The van der Waals surface area contributed by atoms with E-state index in [2.05, 4.69) is 0 Å². The van der Waals surface area contributed by atoms with Crippen LogP contribution in [0.1, 0.15) is 47.0 Å². The van der Waals surface area contributed by atoms with Gasteiger partial charge in [0.2, 0.25) is 0 Å². The summed E-state index contributed by atoms with van der Waals surface area (Å²) in [5.74, 6) is -3.24. The van der Waals surface area contributed by atoms with E-state index in [-0.39, 0.29) is 50.5 Å². The van der Waals surface area contributed by atoms with E-state index in [4.69, 9.17) is 5.11 Å². The van der Waals surface area contributed by atoms with Gasteiger partial charge in [0.15, 0.2) is 17.3 Å². The van der Waals surface area contributed by atoms with E-state index in [1.807, 2.05) is 0 Å². The molecule has 0 bridgehead atoms. The molecule has 3 N–H and O–H groups in total. The molecule has 0 aliphatic heterocycles. The number of ketones is 3. The first-order valence-corrected chi connectivity index (χ1v) is 8.46. The number of aromatic hydroxyl groups is 1. The van der Waals surface area contributed by atoms with Crippen molar-refractivity contribution in [1.29, 1.82) is 0 Å². The molecule has 0 amide bonds. The van der Waals surface area contributed by atoms with Crippen molar-refractivity contribution in [2.75, 3.05) is 0 Å². The lowest BCUT2D eigenvalue weighted by Crippen LogP contribution is -2.01. The number of aromatic carboxylic acids is 1. The fourth-order valence-electron chi connectivity index (χ4n) is 3.33. The highest BCUT2D eigenvalue weighted by Gasteiger charge is 2.33. The number of benzene rings is 2. The van der Waals surface area contributed by atoms with Crippen LogP contribution in [0.4, 0.5) is 0 Å². The van der Waals surface area contributed by atoms with Crippen molar-refractivity contribution in [3.05, 3.63) is 93.6 Å². The van der Waals surface area contributed by atoms with Crippen molar-refractivity contribution in [3.63, 3.8) is 0 Å². The van der Waals surface area contributed by atoms with Gasteiger partial charge in [-0.15, -0.1) is 0 Å². The molecule has 2 aromatic rings. The maximum absolute atomic E-state index is 12.5. The number of carbonyl (C=O) groups excluding carboxylic acids is 3. The van der Waals surface area contributed by atoms with Gasteiger partial charge in [-0.05, 0) is 48.6 Å². The summed E-state index contributed by atoms with van der Waals surface area (Å²) in [4.78, 5) is 48.3. The quantitative estimate of drug-likeness (QED) is 0.544. The lowest BCUT2D eigenvalue weighted by atomic mass is 10.0. The minimum absolute atomic E-state index is 0.0707. The van der Waals surface area contributed by atoms with E-state index in [1.165, 1.54) is 54.6 Å². The Labute approximate surface area is 163 Å². The van der Waals surface area contributed by atoms with Crippen LogP contribution >= 0.6 is 0 Å². The van der Waals surface area contributed by atoms with E-state index in [0.29, 0.717) is 0 Å². The topological polar surface area (TPSA) is 129 Å². The van der Waals surface area contributed by atoms with Crippen LogP contribution in [0.2, 0.25) is 0 Å². The molecule has 0 heterocycles. The second-order valence-electron chi connectivity index (χ2n) is 6.48. The Morgan fingerprint density at radius 1 is 0.793 bits per heavy atom. The molecular formula is C22H12O7. The zero-order chi connectivity index (χ0) is 20.9. The van der Waals surface area contributed by atoms with Gasteiger partial charge in [0, 0.05) is 22.3 Å². The summed E-state index contributed by atoms with van der Waals surface area (Å²) in [5.41, 5.74) is 0.278. The summed E-state index contributed by atoms with van der Waals surface area (Å²) in [6, 6.07) is 7.68. The van der Waals surface area contributed by atoms with Crippen molar-refractivity contribution in [1.82, 2.24) is 0 Å². The zero-order valence-electron chi connectivity index (χ0n) is 14.7. The van der Waals surface area contributed by atoms with Crippen molar-refractivity contribution in [2.45, 2.75) is 0 Å². The van der Waals surface area contributed by atoms with Crippen LogP contribution in [-0.2, 0) is 0 Å². The maximum atomic E-state index is 12.5. The van der Waals surface area contributed by atoms with Crippen LogP contribution in [0, 0.1) is 0 Å². The number of carboxylic acid groups (broad SMARTS) is 1. The van der Waals surface area contributed by atoms with E-state index in [0.717, 1.165) is 0 Å². The average molecular weight is 388 g/mol. The molecule has 0 unspecified atom stereocenters. The van der Waals surface area contributed by atoms with Gasteiger partial charge >= 0.3 is 5.97 Å². The summed E-state index contributed by atoms with van der Waals surface area (Å²) in [5, 5.41) is 28.9. The summed E-state index contributed by atoms with van der Waals surface area (Å²) >= 11 is 0. The highest BCUT2D eigenvalue weighted by atomic mass is 16.4. The predicted molar refractivity (Wildman–Crippen MR) is 101 cm³/mol. The monoisotopic (exact) mass is 388 g/mol. The Morgan fingerprint density at radius 2 is 1.45 bits per heavy atom. The van der Waals surface area contributed by atoms with Gasteiger partial charge < -0.3 is 15.3 Å². The molecule has 2 aliphatic carbocycles. The van der Waals surface area contributed by atoms with E-state index >= 15 is 0 Å². The molecule has 142 valence electrons. The van der Waals surface area contributed by atoms with Crippen LogP contribution in [0.3, 0.4) is 0 Å². The van der Waals surface area contributed by atoms with Crippen LogP contribution < -0.4 is 0 Å². The molecule has 7 nitrogen and oxygen atoms in total. The fraction of sp³-hybridized carbons (Fsp3) is 0. The van der Waals surface area contributed by atoms with Gasteiger partial charge in [0.1, 0.15) is 11.5 Å². The highest BCUT2D eigenvalue weighted by molar-refractivity contribution is 6.39. The Hall–Kier alpha value is -4.26. The lowest BCUT2D eigenvalue weighted by molar-refractivity contribution is 0.0696. The first kappa shape index (κ1) is 18.1. The SMILES string of the molecule is O=C(O)c1ccc2c(c1)C(O)=C(C=CC=C1C(=O)c3ccc(O)cc3C1=O)C2=O. The summed E-state index contributed by atoms with van der Waals surface area (Å²) < 4.78 is 0. The smallest absolute Gasteiger partial charge is 0.335 e. The number of aliphatic hydroxyl groups is 1. The van der Waals surface area contributed by atoms with E-state index in [1.54, 1.807) is 0 Å². The van der Waals surface area contributed by atoms with Crippen molar-refractivity contribution in [2.24, 2.45) is 0 Å². The maximum Gasteiger partial charge on any atom is 0.335 e. The molecule has 2 aliphatic rings. The number of Topliss-reactive ketones (excluding diaryl/α,β-unsaturated/α-hetero) is 3. The average Bonchev–Trinajstić information content (AvgIpc) is 3.07. The Kier molecular flexibility index (Phi) is 4.01. The minimum atomic E-state index is -1.19. The number of phenolic OH excluding ortho intramolecular Hbond substituents is 1. The lowest BCUT2D eigenvalue weighted by Gasteiger charge is -2.00. The van der Waals surface area contributed by atoms with Crippen molar-refractivity contribution >= 4 is 29.1 Å². The number of aliphatic hydroxyl groups excluding tert-OH is 1. The van der Waals surface area contributed by atoms with Crippen LogP contribution in [-0.4, -0.2) is 38.6 Å². The molecule has 4 rings (SSSR count). The first-order valence-electron chi connectivity index (χ1n) is 8.46. The van der Waals surface area contributed by atoms with Gasteiger partial charge in [0.05, 0.1) is 16.7 Å². The Morgan fingerprint density at radius 3 is 2.17 bits per heavy atom. The number of fused-ring (bicyclic) bond motifs is 2. The third-order valence-corrected chi connectivity index (χ3v) is 4.77. The molecule has 0 atom stereocenters. The molecule has 0 saturated heterocycles. The number of carboxylic acids is 1. The van der Waals surface area contributed by atoms with Gasteiger partial charge in [-0.25, -0.2) is 4.79 Å². The zero-order valence-corrected chi connectivity index (χ0v) is 14.7. The third kappa shape index (κ3) is 2.76. The van der Waals surface area contributed by atoms with E-state index in [9.17, 15) is 29.4 Å². The minimum Gasteiger partial charge on any atom is -0.508 e. The van der Waals surface area contributed by atoms with Gasteiger partial charge in [-0.1, -0.05) is 6.08 Å². The Balaban J connectivity index is 1.66. The number of phenols is 1. The highest BCUT2D eigenvalue weighted by Crippen LogP contribution is 2.33. The summed E-state index contributed by atoms with van der Waals surface area (Å²) in [6.45, 7) is 0. The normalized spacial score (nSPS) is 16.8. The molecule has 0 radical (unpaired) electrons. The summed E-state index contributed by atoms with van der Waals surface area (Å²) in [6.07, 6.45) is 3.79. The van der Waals surface area contributed by atoms with Crippen LogP contribution in [0.25, 0.3) is 5.76 Å². The standard InChI is InChI=1S/C22H12O7/c23-11-5-7-13-17(9-11)21(27)15(19(13)25)3-1-2-14-18(24)12-6-4-10(22(28)29)8-16(12)20(14)26/h1-9,23,26H,(H,28,29). The van der Waals surface area contributed by atoms with Crippen molar-refractivity contribution < 1.29 is 34.5 Å². The second kappa shape index (κ2) is 6.42. The number of hydrogen-bond acceptors (Lipinski definition) is 6. The van der Waals surface area contributed by atoms with Gasteiger partial charge in [0.25, 0.3) is 0 Å². The molecule has 0 saturated carbocycles. The molecular weight excluding hydrogens is 376 g/mol. The molecule has 0 fully saturated rings. The molecule has 0 spiro atoms. The second-order valence-corrected chi connectivity index (χ2v) is 6.48. The molecule has 2 aromatic carbocycles. The first-order chi connectivity index (χ1) is 13.8. The van der Waals surface area contributed by atoms with Gasteiger partial charge in [-0.3, -0.25) is 14.4 Å². The fourth-order valence-corrected chi connectivity index (χ4v) is 3.33. The number of allylic oxidation sites excluding steroid dienone is 5. The molecule has 0 aromatic heterocycles. The molecule has 29 heavy (non-hydrogen) atoms. The van der Waals surface area contributed by atoms with Crippen molar-refractivity contribution in [3.8, 4) is 5.75 Å². The number of hydrogen-bond donors (Lipinski definition) is 3. The predicted octanol–water partition coefficient (Wildman–Crippen LogP) is 3.12. The summed E-state index contributed by atoms with van der Waals surface area (Å²) in [7, 11) is 0.